The summed E-state index contributed by atoms with van der Waals surface area (Å²) in [7, 11) is 2.16. The van der Waals surface area contributed by atoms with Gasteiger partial charge in [-0.15, -0.1) is 0 Å². The van der Waals surface area contributed by atoms with E-state index in [1.807, 2.05) is 0 Å². The van der Waals surface area contributed by atoms with E-state index in [2.05, 4.69) is 48.0 Å². The predicted octanol–water partition coefficient (Wildman–Crippen LogP) is 2.74. The highest BCUT2D eigenvalue weighted by molar-refractivity contribution is 5.73. The van der Waals surface area contributed by atoms with Gasteiger partial charge < -0.3 is 14.9 Å². The van der Waals surface area contributed by atoms with Crippen molar-refractivity contribution in [2.75, 3.05) is 36.5 Å². The quantitative estimate of drug-likeness (QED) is 0.898. The summed E-state index contributed by atoms with van der Waals surface area (Å²) in [6, 6.07) is 8.63. The minimum absolute atomic E-state index is 0.113. The third-order valence-electron chi connectivity index (χ3n) is 5.00. The van der Waals surface area contributed by atoms with Crippen molar-refractivity contribution < 1.29 is 5.11 Å². The average Bonchev–Trinajstić information content (AvgIpc) is 2.46. The minimum atomic E-state index is -0.113. The van der Waals surface area contributed by atoms with Crippen molar-refractivity contribution in [1.29, 1.82) is 0 Å². The Morgan fingerprint density at radius 2 is 1.90 bits per heavy atom. The smallest absolute Gasteiger partial charge is 0.0604 e. The number of likely N-dealkylation sites (N-methyl/N-ethyl adjacent to an activating group) is 1. The molecule has 0 amide bonds. The standard InChI is InChI=1S/C17H26N2O/c1-13-7-8-17(20)14(11-13)12-19-10-9-18(2)15-5-3-4-6-16(15)19/h3-6,13-14,17,20H,7-12H2,1-2H3. The fourth-order valence-electron chi connectivity index (χ4n) is 3.72. The van der Waals surface area contributed by atoms with Gasteiger partial charge in [0.05, 0.1) is 17.5 Å². The maximum Gasteiger partial charge on any atom is 0.0604 e. The Morgan fingerprint density at radius 3 is 2.70 bits per heavy atom. The molecular weight excluding hydrogens is 248 g/mol. The molecule has 1 aliphatic heterocycles. The van der Waals surface area contributed by atoms with Gasteiger partial charge >= 0.3 is 0 Å². The molecular formula is C17H26N2O. The molecule has 1 aliphatic carbocycles. The molecule has 0 bridgehead atoms. The first kappa shape index (κ1) is 13.7. The van der Waals surface area contributed by atoms with Crippen LogP contribution in [-0.4, -0.2) is 37.9 Å². The summed E-state index contributed by atoms with van der Waals surface area (Å²) in [4.78, 5) is 4.80. The molecule has 1 N–H and O–H groups in total. The molecule has 20 heavy (non-hydrogen) atoms. The molecule has 1 aromatic rings. The molecule has 0 saturated heterocycles. The zero-order chi connectivity index (χ0) is 14.1. The monoisotopic (exact) mass is 274 g/mol. The van der Waals surface area contributed by atoms with Crippen LogP contribution in [0.25, 0.3) is 0 Å². The summed E-state index contributed by atoms with van der Waals surface area (Å²) >= 11 is 0. The second kappa shape index (κ2) is 5.65. The Balaban J connectivity index is 1.76. The second-order valence-electron chi connectivity index (χ2n) is 6.60. The topological polar surface area (TPSA) is 26.7 Å². The Hall–Kier alpha value is -1.22. The van der Waals surface area contributed by atoms with Crippen LogP contribution in [0.4, 0.5) is 11.4 Å². The molecule has 110 valence electrons. The van der Waals surface area contributed by atoms with Crippen LogP contribution in [0, 0.1) is 11.8 Å². The van der Waals surface area contributed by atoms with Crippen LogP contribution in [0.15, 0.2) is 24.3 Å². The van der Waals surface area contributed by atoms with Gasteiger partial charge in [0.15, 0.2) is 0 Å². The van der Waals surface area contributed by atoms with Gasteiger partial charge in [-0.05, 0) is 37.3 Å². The third-order valence-corrected chi connectivity index (χ3v) is 5.00. The van der Waals surface area contributed by atoms with E-state index in [4.69, 9.17) is 0 Å². The Kier molecular flexibility index (Phi) is 3.88. The van der Waals surface area contributed by atoms with Gasteiger partial charge in [-0.3, -0.25) is 0 Å². The summed E-state index contributed by atoms with van der Waals surface area (Å²) in [5, 5.41) is 10.3. The van der Waals surface area contributed by atoms with Gasteiger partial charge in [0.2, 0.25) is 0 Å². The van der Waals surface area contributed by atoms with Crippen molar-refractivity contribution in [3.05, 3.63) is 24.3 Å². The van der Waals surface area contributed by atoms with Crippen molar-refractivity contribution >= 4 is 11.4 Å². The molecule has 3 nitrogen and oxygen atoms in total. The van der Waals surface area contributed by atoms with Gasteiger partial charge in [0.1, 0.15) is 0 Å². The number of hydrogen-bond acceptors (Lipinski definition) is 3. The van der Waals surface area contributed by atoms with Gasteiger partial charge in [0, 0.05) is 32.6 Å². The van der Waals surface area contributed by atoms with Gasteiger partial charge in [-0.25, -0.2) is 0 Å². The molecule has 2 aliphatic rings. The van der Waals surface area contributed by atoms with E-state index in [0.29, 0.717) is 5.92 Å². The summed E-state index contributed by atoms with van der Waals surface area (Å²) < 4.78 is 0. The third kappa shape index (κ3) is 2.64. The lowest BCUT2D eigenvalue weighted by atomic mass is 9.80. The van der Waals surface area contributed by atoms with Crippen LogP contribution in [0.5, 0.6) is 0 Å². The van der Waals surface area contributed by atoms with Gasteiger partial charge in [-0.1, -0.05) is 19.1 Å². The Morgan fingerprint density at radius 1 is 1.15 bits per heavy atom. The van der Waals surface area contributed by atoms with Crippen molar-refractivity contribution in [2.45, 2.75) is 32.3 Å². The van der Waals surface area contributed by atoms with E-state index in [0.717, 1.165) is 38.4 Å². The lowest BCUT2D eigenvalue weighted by Crippen LogP contribution is -2.44. The van der Waals surface area contributed by atoms with Crippen LogP contribution < -0.4 is 9.80 Å². The molecule has 3 heteroatoms. The molecule has 0 aromatic heterocycles. The maximum absolute atomic E-state index is 10.3. The van der Waals surface area contributed by atoms with Crippen molar-refractivity contribution in [3.8, 4) is 0 Å². The molecule has 1 saturated carbocycles. The molecule has 3 rings (SSSR count). The van der Waals surface area contributed by atoms with E-state index < -0.39 is 0 Å². The van der Waals surface area contributed by atoms with Crippen molar-refractivity contribution in [2.24, 2.45) is 11.8 Å². The number of nitrogens with zero attached hydrogens (tertiary/aromatic N) is 2. The maximum atomic E-state index is 10.3. The van der Waals surface area contributed by atoms with E-state index in [-0.39, 0.29) is 6.10 Å². The first-order valence-electron chi connectivity index (χ1n) is 7.88. The SMILES string of the molecule is CC1CCC(O)C(CN2CCN(C)c3ccccc32)C1. The summed E-state index contributed by atoms with van der Waals surface area (Å²) in [6.07, 6.45) is 3.20. The fourth-order valence-corrected chi connectivity index (χ4v) is 3.72. The number of hydrogen-bond donors (Lipinski definition) is 1. The van der Waals surface area contributed by atoms with Gasteiger partial charge in [-0.2, -0.15) is 0 Å². The zero-order valence-electron chi connectivity index (χ0n) is 12.6. The number of benzene rings is 1. The predicted molar refractivity (Wildman–Crippen MR) is 84.4 cm³/mol. The molecule has 1 heterocycles. The first-order valence-corrected chi connectivity index (χ1v) is 7.88. The molecule has 0 radical (unpaired) electrons. The number of fused-ring (bicyclic) bond motifs is 1. The number of para-hydroxylation sites is 2. The highest BCUT2D eigenvalue weighted by atomic mass is 16.3. The van der Waals surface area contributed by atoms with Gasteiger partial charge in [0.25, 0.3) is 0 Å². The molecule has 1 fully saturated rings. The summed E-state index contributed by atoms with van der Waals surface area (Å²) in [5.41, 5.74) is 2.64. The van der Waals surface area contributed by atoms with Crippen molar-refractivity contribution in [3.63, 3.8) is 0 Å². The van der Waals surface area contributed by atoms with Crippen LogP contribution in [0.1, 0.15) is 26.2 Å². The lowest BCUT2D eigenvalue weighted by molar-refractivity contribution is 0.0550. The summed E-state index contributed by atoms with van der Waals surface area (Å²) in [5.74, 6) is 1.18. The zero-order valence-corrected chi connectivity index (χ0v) is 12.6. The fraction of sp³-hybridized carbons (Fsp3) is 0.647. The minimum Gasteiger partial charge on any atom is -0.393 e. The van der Waals surface area contributed by atoms with E-state index in [9.17, 15) is 5.11 Å². The van der Waals surface area contributed by atoms with Crippen LogP contribution >= 0.6 is 0 Å². The lowest BCUT2D eigenvalue weighted by Gasteiger charge is -2.41. The second-order valence-corrected chi connectivity index (χ2v) is 6.60. The first-order chi connectivity index (χ1) is 9.65. The molecule has 1 aromatic carbocycles. The van der Waals surface area contributed by atoms with E-state index in [1.54, 1.807) is 0 Å². The average molecular weight is 274 g/mol. The van der Waals surface area contributed by atoms with Crippen molar-refractivity contribution in [1.82, 2.24) is 0 Å². The van der Waals surface area contributed by atoms with E-state index in [1.165, 1.54) is 17.8 Å². The largest absolute Gasteiger partial charge is 0.393 e. The molecule has 3 atom stereocenters. The summed E-state index contributed by atoms with van der Waals surface area (Å²) in [6.45, 7) is 5.44. The molecule has 0 spiro atoms. The Labute approximate surface area is 122 Å². The number of anilines is 2. The van der Waals surface area contributed by atoms with Crippen LogP contribution in [0.2, 0.25) is 0 Å². The van der Waals surface area contributed by atoms with E-state index >= 15 is 0 Å². The number of aliphatic hydroxyl groups is 1. The molecule has 3 unspecified atom stereocenters. The number of rotatable bonds is 2. The van der Waals surface area contributed by atoms with Crippen LogP contribution in [0.3, 0.4) is 0 Å². The van der Waals surface area contributed by atoms with Crippen LogP contribution in [-0.2, 0) is 0 Å². The highest BCUT2D eigenvalue weighted by Gasteiger charge is 2.30. The highest BCUT2D eigenvalue weighted by Crippen LogP contribution is 2.35. The normalized spacial score (nSPS) is 30.2. The Bertz CT molecular complexity index is 462. The number of aliphatic hydroxyl groups excluding tert-OH is 1.